The SMILES string of the molecule is COCc1cccc(NC(=O)C(CS)NC(C)=O)c1. The number of rotatable bonds is 6. The van der Waals surface area contributed by atoms with Crippen LogP contribution in [-0.4, -0.2) is 30.7 Å². The normalized spacial score (nSPS) is 11.7. The van der Waals surface area contributed by atoms with Gasteiger partial charge in [-0.25, -0.2) is 0 Å². The molecule has 104 valence electrons. The third kappa shape index (κ3) is 5.32. The number of hydrogen-bond donors (Lipinski definition) is 3. The molecular formula is C13H18N2O3S. The Balaban J connectivity index is 2.69. The Hall–Kier alpha value is -1.53. The van der Waals surface area contributed by atoms with Crippen molar-refractivity contribution in [1.29, 1.82) is 0 Å². The molecule has 2 N–H and O–H groups in total. The summed E-state index contributed by atoms with van der Waals surface area (Å²) < 4.78 is 5.03. The second kappa shape index (κ2) is 7.81. The van der Waals surface area contributed by atoms with Gasteiger partial charge in [0.2, 0.25) is 11.8 Å². The highest BCUT2D eigenvalue weighted by Gasteiger charge is 2.17. The fourth-order valence-electron chi connectivity index (χ4n) is 1.57. The third-order valence-corrected chi connectivity index (χ3v) is 2.75. The van der Waals surface area contributed by atoms with Crippen LogP contribution in [0.3, 0.4) is 0 Å². The van der Waals surface area contributed by atoms with Crippen LogP contribution < -0.4 is 10.6 Å². The largest absolute Gasteiger partial charge is 0.380 e. The summed E-state index contributed by atoms with van der Waals surface area (Å²) in [6.07, 6.45) is 0. The maximum absolute atomic E-state index is 11.9. The van der Waals surface area contributed by atoms with E-state index in [4.69, 9.17) is 4.74 Å². The van der Waals surface area contributed by atoms with Crippen molar-refractivity contribution in [2.75, 3.05) is 18.2 Å². The lowest BCUT2D eigenvalue weighted by Gasteiger charge is -2.15. The van der Waals surface area contributed by atoms with Gasteiger partial charge in [-0.15, -0.1) is 0 Å². The maximum atomic E-state index is 11.9. The summed E-state index contributed by atoms with van der Waals surface area (Å²) in [7, 11) is 1.61. The summed E-state index contributed by atoms with van der Waals surface area (Å²) in [6.45, 7) is 1.84. The van der Waals surface area contributed by atoms with Crippen molar-refractivity contribution in [3.63, 3.8) is 0 Å². The fourth-order valence-corrected chi connectivity index (χ4v) is 1.83. The molecule has 1 unspecified atom stereocenters. The molecule has 0 aromatic heterocycles. The van der Waals surface area contributed by atoms with Crippen molar-refractivity contribution in [3.05, 3.63) is 29.8 Å². The number of nitrogens with one attached hydrogen (secondary N) is 2. The lowest BCUT2D eigenvalue weighted by Crippen LogP contribution is -2.44. The lowest BCUT2D eigenvalue weighted by atomic mass is 10.2. The Labute approximate surface area is 118 Å². The number of methoxy groups -OCH3 is 1. The minimum Gasteiger partial charge on any atom is -0.380 e. The Bertz CT molecular complexity index is 451. The zero-order valence-electron chi connectivity index (χ0n) is 11.0. The van der Waals surface area contributed by atoms with Crippen LogP contribution in [0.2, 0.25) is 0 Å². The zero-order chi connectivity index (χ0) is 14.3. The monoisotopic (exact) mass is 282 g/mol. The van der Waals surface area contributed by atoms with E-state index in [0.29, 0.717) is 12.3 Å². The molecule has 0 aliphatic rings. The number of benzene rings is 1. The van der Waals surface area contributed by atoms with E-state index >= 15 is 0 Å². The molecule has 19 heavy (non-hydrogen) atoms. The average Bonchev–Trinajstić information content (AvgIpc) is 2.36. The van der Waals surface area contributed by atoms with Gasteiger partial charge in [0.25, 0.3) is 0 Å². The van der Waals surface area contributed by atoms with Gasteiger partial charge < -0.3 is 15.4 Å². The number of carbonyl (C=O) groups excluding carboxylic acids is 2. The van der Waals surface area contributed by atoms with Gasteiger partial charge in [-0.3, -0.25) is 9.59 Å². The Morgan fingerprint density at radius 1 is 1.42 bits per heavy atom. The van der Waals surface area contributed by atoms with Crippen LogP contribution in [0.1, 0.15) is 12.5 Å². The number of ether oxygens (including phenoxy) is 1. The summed E-state index contributed by atoms with van der Waals surface area (Å²) in [6, 6.07) is 6.69. The quantitative estimate of drug-likeness (QED) is 0.687. The molecule has 5 nitrogen and oxygen atoms in total. The molecule has 0 saturated heterocycles. The van der Waals surface area contributed by atoms with Crippen molar-refractivity contribution >= 4 is 30.1 Å². The van der Waals surface area contributed by atoms with Crippen LogP contribution in [0.15, 0.2) is 24.3 Å². The summed E-state index contributed by atoms with van der Waals surface area (Å²) in [5.74, 6) is -0.314. The molecule has 0 fully saturated rings. The number of amides is 2. The molecule has 1 aromatic rings. The molecule has 0 radical (unpaired) electrons. The molecule has 0 bridgehead atoms. The first-order valence-corrected chi connectivity index (χ1v) is 6.46. The maximum Gasteiger partial charge on any atom is 0.247 e. The van der Waals surface area contributed by atoms with Gasteiger partial charge in [0, 0.05) is 25.5 Å². The Morgan fingerprint density at radius 3 is 2.74 bits per heavy atom. The van der Waals surface area contributed by atoms with Crippen LogP contribution in [0, 0.1) is 0 Å². The summed E-state index contributed by atoms with van der Waals surface area (Å²) >= 11 is 4.05. The van der Waals surface area contributed by atoms with E-state index in [1.165, 1.54) is 6.92 Å². The van der Waals surface area contributed by atoms with E-state index in [0.717, 1.165) is 5.56 Å². The van der Waals surface area contributed by atoms with Crippen molar-refractivity contribution < 1.29 is 14.3 Å². The van der Waals surface area contributed by atoms with Crippen molar-refractivity contribution in [2.24, 2.45) is 0 Å². The van der Waals surface area contributed by atoms with Crippen LogP contribution in [0.4, 0.5) is 5.69 Å². The number of thiol groups is 1. The Morgan fingerprint density at radius 2 is 2.16 bits per heavy atom. The molecule has 1 atom stereocenters. The molecule has 0 aliphatic heterocycles. The smallest absolute Gasteiger partial charge is 0.247 e. The highest BCUT2D eigenvalue weighted by Crippen LogP contribution is 2.12. The second-order valence-corrected chi connectivity index (χ2v) is 4.42. The first kappa shape index (κ1) is 15.5. The zero-order valence-corrected chi connectivity index (χ0v) is 11.9. The van der Waals surface area contributed by atoms with Crippen LogP contribution in [0.5, 0.6) is 0 Å². The summed E-state index contributed by atoms with van der Waals surface area (Å²) in [4.78, 5) is 22.9. The van der Waals surface area contributed by atoms with Crippen molar-refractivity contribution in [1.82, 2.24) is 5.32 Å². The summed E-state index contributed by atoms with van der Waals surface area (Å²) in [5.41, 5.74) is 1.62. The van der Waals surface area contributed by atoms with Gasteiger partial charge in [0.05, 0.1) is 6.61 Å². The second-order valence-electron chi connectivity index (χ2n) is 4.06. The van der Waals surface area contributed by atoms with E-state index in [2.05, 4.69) is 23.3 Å². The van der Waals surface area contributed by atoms with Crippen LogP contribution >= 0.6 is 12.6 Å². The first-order valence-electron chi connectivity index (χ1n) is 5.83. The molecule has 0 aliphatic carbocycles. The number of anilines is 1. The standard InChI is InChI=1S/C13H18N2O3S/c1-9(16)14-12(8-19)13(17)15-11-5-3-4-10(6-11)7-18-2/h3-6,12,19H,7-8H2,1-2H3,(H,14,16)(H,15,17). The highest BCUT2D eigenvalue weighted by molar-refractivity contribution is 7.80. The fraction of sp³-hybridized carbons (Fsp3) is 0.385. The van der Waals surface area contributed by atoms with Gasteiger partial charge >= 0.3 is 0 Å². The molecular weight excluding hydrogens is 264 g/mol. The minimum absolute atomic E-state index is 0.239. The highest BCUT2D eigenvalue weighted by atomic mass is 32.1. The van der Waals surface area contributed by atoms with E-state index in [1.807, 2.05) is 18.2 Å². The topological polar surface area (TPSA) is 67.4 Å². The van der Waals surface area contributed by atoms with E-state index in [1.54, 1.807) is 13.2 Å². The van der Waals surface area contributed by atoms with E-state index < -0.39 is 6.04 Å². The molecule has 1 aromatic carbocycles. The van der Waals surface area contributed by atoms with Crippen molar-refractivity contribution in [2.45, 2.75) is 19.6 Å². The molecule has 6 heteroatoms. The minimum atomic E-state index is -0.646. The number of carbonyl (C=O) groups is 2. The van der Waals surface area contributed by atoms with Gasteiger partial charge in [-0.2, -0.15) is 12.6 Å². The van der Waals surface area contributed by atoms with Gasteiger partial charge in [0.15, 0.2) is 0 Å². The average molecular weight is 282 g/mol. The predicted octanol–water partition coefficient (Wildman–Crippen LogP) is 1.21. The molecule has 0 spiro atoms. The van der Waals surface area contributed by atoms with Gasteiger partial charge in [-0.1, -0.05) is 12.1 Å². The van der Waals surface area contributed by atoms with Crippen LogP contribution in [0.25, 0.3) is 0 Å². The predicted molar refractivity (Wildman–Crippen MR) is 77.2 cm³/mol. The molecule has 0 saturated carbocycles. The van der Waals surface area contributed by atoms with E-state index in [9.17, 15) is 9.59 Å². The molecule has 1 rings (SSSR count). The van der Waals surface area contributed by atoms with Gasteiger partial charge in [0.1, 0.15) is 6.04 Å². The number of hydrogen-bond acceptors (Lipinski definition) is 4. The molecule has 2 amide bonds. The lowest BCUT2D eigenvalue weighted by molar-refractivity contribution is -0.124. The molecule has 0 heterocycles. The van der Waals surface area contributed by atoms with Crippen LogP contribution in [-0.2, 0) is 20.9 Å². The van der Waals surface area contributed by atoms with Gasteiger partial charge in [-0.05, 0) is 17.7 Å². The first-order chi connectivity index (χ1) is 9.06. The van der Waals surface area contributed by atoms with Crippen molar-refractivity contribution in [3.8, 4) is 0 Å². The Kier molecular flexibility index (Phi) is 6.38. The third-order valence-electron chi connectivity index (χ3n) is 2.38. The summed E-state index contributed by atoms with van der Waals surface area (Å²) in [5, 5.41) is 5.28. The van der Waals surface area contributed by atoms with E-state index in [-0.39, 0.29) is 17.6 Å².